The fourth-order valence-corrected chi connectivity index (χ4v) is 5.49. The highest BCUT2D eigenvalue weighted by Crippen LogP contribution is 2.32. The number of aromatic amines is 2. The maximum absolute atomic E-state index is 5.05. The van der Waals surface area contributed by atoms with Crippen molar-refractivity contribution in [1.82, 2.24) is 19.9 Å². The van der Waals surface area contributed by atoms with Crippen LogP contribution in [-0.2, 0) is 12.8 Å². The topological polar surface area (TPSA) is 57.4 Å². The molecule has 0 radical (unpaired) electrons. The number of hydrogen-bond donors (Lipinski definition) is 2. The molecule has 0 unspecified atom stereocenters. The molecule has 2 aliphatic rings. The quantitative estimate of drug-likeness (QED) is 0.244. The van der Waals surface area contributed by atoms with Gasteiger partial charge in [0.1, 0.15) is 0 Å². The summed E-state index contributed by atoms with van der Waals surface area (Å²) < 4.78 is 0. The molecular weight excluding hydrogens is 488 g/mol. The van der Waals surface area contributed by atoms with E-state index in [9.17, 15) is 0 Å². The first-order valence-corrected chi connectivity index (χ1v) is 14.0. The van der Waals surface area contributed by atoms with Crippen LogP contribution in [0.5, 0.6) is 0 Å². The fraction of sp³-hybridized carbons (Fsp3) is 0.111. The average Bonchev–Trinajstić information content (AvgIpc) is 3.80. The van der Waals surface area contributed by atoms with E-state index in [0.717, 1.165) is 79.9 Å². The van der Waals surface area contributed by atoms with Crippen molar-refractivity contribution in [2.75, 3.05) is 0 Å². The van der Waals surface area contributed by atoms with Crippen LogP contribution >= 0.6 is 0 Å². The standard InChI is InChI=1S/C36H30N4/c1-3-23-5-9-25(10-6-23)35-31-17-13-27(37-31)21-29-15-19-33(39-29)36(26-11-7-24(4-2)8-12-26)34-20-16-30(40-34)22-28-14-18-32(35)38-28/h5-22,37,40H,3-4H2,1-2H3. The third-order valence-electron chi connectivity index (χ3n) is 7.70. The second-order valence-electron chi connectivity index (χ2n) is 10.3. The molecule has 5 heterocycles. The van der Waals surface area contributed by atoms with Gasteiger partial charge in [0.2, 0.25) is 0 Å². The highest BCUT2D eigenvalue weighted by molar-refractivity contribution is 5.93. The van der Waals surface area contributed by atoms with Crippen LogP contribution in [-0.4, -0.2) is 19.9 Å². The molecule has 5 aromatic rings. The van der Waals surface area contributed by atoms with Crippen molar-refractivity contribution in [3.63, 3.8) is 0 Å². The van der Waals surface area contributed by atoms with E-state index in [1.54, 1.807) is 0 Å². The van der Waals surface area contributed by atoms with Crippen LogP contribution < -0.4 is 0 Å². The zero-order chi connectivity index (χ0) is 27.1. The SMILES string of the molecule is CCc1ccc(-c2c3nc(cc4ccc([nH]4)c(-c4ccc(CC)cc4)c4nc(cc5ccc2[nH]5)C=C4)C=C3)cc1. The molecule has 0 aliphatic carbocycles. The molecule has 0 spiro atoms. The van der Waals surface area contributed by atoms with E-state index in [2.05, 4.69) is 133 Å². The molecule has 8 bridgehead atoms. The minimum absolute atomic E-state index is 0.916. The van der Waals surface area contributed by atoms with Crippen molar-refractivity contribution in [2.45, 2.75) is 26.7 Å². The Bertz CT molecular complexity index is 1800. The van der Waals surface area contributed by atoms with Crippen LogP contribution in [0.25, 0.3) is 68.6 Å². The Hall–Kier alpha value is -4.96. The van der Waals surface area contributed by atoms with Gasteiger partial charge in [-0.25, -0.2) is 9.97 Å². The molecule has 4 heteroatoms. The van der Waals surface area contributed by atoms with Crippen molar-refractivity contribution in [1.29, 1.82) is 0 Å². The van der Waals surface area contributed by atoms with Gasteiger partial charge in [0.05, 0.1) is 22.8 Å². The summed E-state index contributed by atoms with van der Waals surface area (Å²) in [5.74, 6) is 0. The Morgan fingerprint density at radius 2 is 0.925 bits per heavy atom. The molecule has 2 N–H and O–H groups in total. The Kier molecular flexibility index (Phi) is 6.01. The van der Waals surface area contributed by atoms with Crippen LogP contribution in [0.2, 0.25) is 0 Å². The molecular formula is C36H30N4. The van der Waals surface area contributed by atoms with E-state index in [4.69, 9.17) is 9.97 Å². The lowest BCUT2D eigenvalue weighted by molar-refractivity contribution is 1.14. The van der Waals surface area contributed by atoms with Gasteiger partial charge in [0.25, 0.3) is 0 Å². The predicted octanol–water partition coefficient (Wildman–Crippen LogP) is 9.11. The van der Waals surface area contributed by atoms with Gasteiger partial charge in [-0.05, 0) is 95.8 Å². The minimum atomic E-state index is 0.916. The van der Waals surface area contributed by atoms with Crippen LogP contribution in [0.4, 0.5) is 0 Å². The zero-order valence-electron chi connectivity index (χ0n) is 22.7. The maximum Gasteiger partial charge on any atom is 0.0736 e. The second-order valence-corrected chi connectivity index (χ2v) is 10.3. The van der Waals surface area contributed by atoms with Crippen LogP contribution in [0, 0.1) is 0 Å². The second kappa shape index (κ2) is 9.97. The molecule has 2 aromatic carbocycles. The lowest BCUT2D eigenvalue weighted by Crippen LogP contribution is -1.87. The summed E-state index contributed by atoms with van der Waals surface area (Å²) in [5.41, 5.74) is 14.9. The largest absolute Gasteiger partial charge is 0.355 e. The summed E-state index contributed by atoms with van der Waals surface area (Å²) in [6, 6.07) is 30.3. The monoisotopic (exact) mass is 518 g/mol. The number of H-pyrrole nitrogens is 2. The van der Waals surface area contributed by atoms with Crippen molar-refractivity contribution in [2.24, 2.45) is 0 Å². The van der Waals surface area contributed by atoms with Crippen LogP contribution in [0.15, 0.2) is 84.9 Å². The van der Waals surface area contributed by atoms with Gasteiger partial charge in [0, 0.05) is 33.2 Å². The van der Waals surface area contributed by atoms with Gasteiger partial charge in [-0.1, -0.05) is 62.4 Å². The number of benzene rings is 2. The number of aryl methyl sites for hydroxylation is 2. The third-order valence-corrected chi connectivity index (χ3v) is 7.70. The highest BCUT2D eigenvalue weighted by Gasteiger charge is 2.13. The van der Waals surface area contributed by atoms with E-state index >= 15 is 0 Å². The number of rotatable bonds is 4. The summed E-state index contributed by atoms with van der Waals surface area (Å²) in [7, 11) is 0. The maximum atomic E-state index is 5.05. The van der Waals surface area contributed by atoms with Gasteiger partial charge < -0.3 is 9.97 Å². The molecule has 40 heavy (non-hydrogen) atoms. The summed E-state index contributed by atoms with van der Waals surface area (Å²) in [6.07, 6.45) is 10.4. The van der Waals surface area contributed by atoms with Gasteiger partial charge in [-0.2, -0.15) is 0 Å². The fourth-order valence-electron chi connectivity index (χ4n) is 5.49. The van der Waals surface area contributed by atoms with Crippen molar-refractivity contribution in [3.8, 4) is 22.3 Å². The van der Waals surface area contributed by atoms with Crippen molar-refractivity contribution in [3.05, 3.63) is 119 Å². The van der Waals surface area contributed by atoms with E-state index < -0.39 is 0 Å². The summed E-state index contributed by atoms with van der Waals surface area (Å²) in [4.78, 5) is 17.4. The normalized spacial score (nSPS) is 12.2. The van der Waals surface area contributed by atoms with E-state index in [1.807, 2.05) is 0 Å². The van der Waals surface area contributed by atoms with Crippen LogP contribution in [0.1, 0.15) is 47.8 Å². The zero-order valence-corrected chi connectivity index (χ0v) is 22.7. The summed E-state index contributed by atoms with van der Waals surface area (Å²) in [5, 5.41) is 0. The highest BCUT2D eigenvalue weighted by atomic mass is 14.8. The lowest BCUT2D eigenvalue weighted by atomic mass is 10.0. The Labute approximate surface area is 233 Å². The van der Waals surface area contributed by atoms with Gasteiger partial charge in [-0.3, -0.25) is 0 Å². The Balaban J connectivity index is 1.52. The minimum Gasteiger partial charge on any atom is -0.355 e. The predicted molar refractivity (Wildman–Crippen MR) is 168 cm³/mol. The van der Waals surface area contributed by atoms with E-state index in [0.29, 0.717) is 0 Å². The third kappa shape index (κ3) is 4.48. The molecule has 2 aliphatic heterocycles. The molecule has 4 nitrogen and oxygen atoms in total. The number of hydrogen-bond acceptors (Lipinski definition) is 2. The Morgan fingerprint density at radius 3 is 1.32 bits per heavy atom. The van der Waals surface area contributed by atoms with E-state index in [1.165, 1.54) is 11.1 Å². The molecule has 7 rings (SSSR count). The number of nitrogens with one attached hydrogen (secondary N) is 2. The van der Waals surface area contributed by atoms with Gasteiger partial charge >= 0.3 is 0 Å². The van der Waals surface area contributed by atoms with Gasteiger partial charge in [-0.15, -0.1) is 0 Å². The van der Waals surface area contributed by atoms with E-state index in [-0.39, 0.29) is 0 Å². The molecule has 0 saturated heterocycles. The summed E-state index contributed by atoms with van der Waals surface area (Å²) in [6.45, 7) is 4.36. The number of nitrogens with zero attached hydrogens (tertiary/aromatic N) is 2. The summed E-state index contributed by atoms with van der Waals surface area (Å²) >= 11 is 0. The lowest BCUT2D eigenvalue weighted by Gasteiger charge is -2.05. The number of fused-ring (bicyclic) bond motifs is 8. The average molecular weight is 519 g/mol. The van der Waals surface area contributed by atoms with Crippen LogP contribution in [0.3, 0.4) is 0 Å². The van der Waals surface area contributed by atoms with Crippen molar-refractivity contribution < 1.29 is 0 Å². The molecule has 3 aromatic heterocycles. The molecule has 0 saturated carbocycles. The Morgan fingerprint density at radius 1 is 0.500 bits per heavy atom. The molecule has 194 valence electrons. The first-order valence-electron chi connectivity index (χ1n) is 14.0. The van der Waals surface area contributed by atoms with Gasteiger partial charge in [0.15, 0.2) is 0 Å². The first kappa shape index (κ1) is 24.1. The molecule has 0 atom stereocenters. The smallest absolute Gasteiger partial charge is 0.0736 e. The first-order chi connectivity index (χ1) is 19.7. The molecule has 0 fully saturated rings. The van der Waals surface area contributed by atoms with Crippen molar-refractivity contribution >= 4 is 46.4 Å². The number of aromatic nitrogens is 4. The molecule has 0 amide bonds.